The van der Waals surface area contributed by atoms with Gasteiger partial charge in [-0.05, 0) is 102 Å². The van der Waals surface area contributed by atoms with Gasteiger partial charge in [0, 0.05) is 44.4 Å². The fourth-order valence-corrected chi connectivity index (χ4v) is 7.96. The van der Waals surface area contributed by atoms with E-state index in [4.69, 9.17) is 15.2 Å². The standard InChI is InChI=1S/C48H72N10O12S/c1-9-10-23-69-47(66)51-21-13-11-12-16-38(59)54-34-25-32-24-33(26-34)42(62)56-41(30(2)3)45(65)58(8)37(15-14-22-50-46(49)57-71(67,68)35-19-17-31(4)18-20-35)44(64)53-29-39(60)55-36(43(63)52-28-32)27-40(61)70-48(5,6)7/h17-20,24-26,30,36-37,41H,9-16,21-23,27-29H2,1-8H3,(H,51,66)(H,52,63)(H,53,64)(H,54,59)(H,55,60)(H,56,62)(H3,49,50,57)/t36-,37-,41+/m0/s1. The summed E-state index contributed by atoms with van der Waals surface area (Å²) in [5, 5.41) is 15.9. The highest BCUT2D eigenvalue weighted by Gasteiger charge is 2.35. The molecule has 3 atom stereocenters. The maximum absolute atomic E-state index is 14.3. The highest BCUT2D eigenvalue weighted by molar-refractivity contribution is 7.90. The van der Waals surface area contributed by atoms with Crippen LogP contribution in [0.3, 0.4) is 0 Å². The summed E-state index contributed by atoms with van der Waals surface area (Å²) in [6.07, 6.45) is 2.39. The molecule has 2 aromatic carbocycles. The number of hydrogen-bond donors (Lipinski definition) is 8. The Morgan fingerprint density at radius 3 is 2.27 bits per heavy atom. The number of nitrogens with zero attached hydrogens (tertiary/aromatic N) is 2. The van der Waals surface area contributed by atoms with Crippen molar-refractivity contribution >= 4 is 69.2 Å². The second-order valence-electron chi connectivity index (χ2n) is 18.5. The van der Waals surface area contributed by atoms with Crippen LogP contribution in [0.4, 0.5) is 10.5 Å². The van der Waals surface area contributed by atoms with Crippen molar-refractivity contribution < 1.29 is 56.2 Å². The highest BCUT2D eigenvalue weighted by Crippen LogP contribution is 2.20. The summed E-state index contributed by atoms with van der Waals surface area (Å²) in [4.78, 5) is 113. The van der Waals surface area contributed by atoms with Crippen LogP contribution in [0, 0.1) is 12.8 Å². The molecule has 0 spiro atoms. The van der Waals surface area contributed by atoms with E-state index in [2.05, 4.69) is 41.6 Å². The molecule has 22 nitrogen and oxygen atoms in total. The largest absolute Gasteiger partial charge is 0.460 e. The van der Waals surface area contributed by atoms with Gasteiger partial charge in [-0.3, -0.25) is 38.6 Å². The fourth-order valence-electron chi connectivity index (χ4n) is 7.00. The van der Waals surface area contributed by atoms with E-state index in [1.807, 2.05) is 6.92 Å². The minimum Gasteiger partial charge on any atom is -0.460 e. The highest BCUT2D eigenvalue weighted by atomic mass is 32.2. The lowest BCUT2D eigenvalue weighted by atomic mass is 9.99. The van der Waals surface area contributed by atoms with E-state index in [9.17, 15) is 46.8 Å². The van der Waals surface area contributed by atoms with Crippen LogP contribution in [0.2, 0.25) is 0 Å². The predicted molar refractivity (Wildman–Crippen MR) is 265 cm³/mol. The summed E-state index contributed by atoms with van der Waals surface area (Å²) < 4.78 is 38.4. The first kappa shape index (κ1) is 58.5. The van der Waals surface area contributed by atoms with Gasteiger partial charge in [0.05, 0.1) is 24.5 Å². The zero-order valence-corrected chi connectivity index (χ0v) is 42.8. The van der Waals surface area contributed by atoms with Crippen molar-refractivity contribution in [2.24, 2.45) is 16.6 Å². The average molecular weight is 1010 g/mol. The lowest BCUT2D eigenvalue weighted by Gasteiger charge is -2.32. The van der Waals surface area contributed by atoms with Crippen LogP contribution >= 0.6 is 0 Å². The third kappa shape index (κ3) is 21.0. The van der Waals surface area contributed by atoms with Gasteiger partial charge in [-0.1, -0.05) is 51.3 Å². The van der Waals surface area contributed by atoms with Crippen LogP contribution in [-0.4, -0.2) is 124 Å². The van der Waals surface area contributed by atoms with Crippen LogP contribution < -0.4 is 42.4 Å². The van der Waals surface area contributed by atoms with Gasteiger partial charge in [0.1, 0.15) is 23.7 Å². The number of amides is 7. The van der Waals surface area contributed by atoms with Crippen LogP contribution in [0.15, 0.2) is 52.4 Å². The number of aryl methyl sites for hydroxylation is 1. The van der Waals surface area contributed by atoms with Crippen molar-refractivity contribution in [1.82, 2.24) is 36.2 Å². The van der Waals surface area contributed by atoms with E-state index in [1.165, 1.54) is 31.3 Å². The molecule has 23 heteroatoms. The Hall–Kier alpha value is -6.78. The van der Waals surface area contributed by atoms with Gasteiger partial charge in [0.2, 0.25) is 35.5 Å². The zero-order valence-electron chi connectivity index (χ0n) is 42.0. The van der Waals surface area contributed by atoms with E-state index in [0.29, 0.717) is 38.0 Å². The number of benzene rings is 2. The number of nitrogens with one attached hydrogen (secondary N) is 7. The molecule has 0 saturated heterocycles. The topological polar surface area (TPSA) is 315 Å². The number of anilines is 1. The minimum absolute atomic E-state index is 0.00696. The van der Waals surface area contributed by atoms with Crippen molar-refractivity contribution in [2.45, 2.75) is 141 Å². The van der Waals surface area contributed by atoms with E-state index < -0.39 is 100 Å². The molecule has 0 radical (unpaired) electrons. The molecule has 3 rings (SSSR count). The van der Waals surface area contributed by atoms with Crippen molar-refractivity contribution in [1.29, 1.82) is 0 Å². The molecule has 0 unspecified atom stereocenters. The SMILES string of the molecule is CCCCOC(=O)NCCCCCC(=O)Nc1cc2cc(c1)C(=O)N[C@H](C(C)C)C(=O)N(C)[C@@H](CCCN=C(N)NS(=O)(=O)c1ccc(C)cc1)C(=O)NCC(=O)N[C@@H](CC(=O)OC(C)(C)C)C(=O)NC2. The van der Waals surface area contributed by atoms with Crippen molar-refractivity contribution in [3.05, 3.63) is 59.2 Å². The number of nitrogens with two attached hydrogens (primary N) is 1. The van der Waals surface area contributed by atoms with Gasteiger partial charge in [-0.2, -0.15) is 0 Å². The van der Waals surface area contributed by atoms with E-state index >= 15 is 0 Å². The van der Waals surface area contributed by atoms with Gasteiger partial charge in [0.25, 0.3) is 15.9 Å². The molecule has 2 bridgehead atoms. The normalized spacial score (nSPS) is 17.7. The lowest BCUT2D eigenvalue weighted by Crippen LogP contribution is -2.57. The molecule has 9 N–H and O–H groups in total. The van der Waals surface area contributed by atoms with Crippen molar-refractivity contribution in [2.75, 3.05) is 38.6 Å². The molecule has 0 aliphatic carbocycles. The third-order valence-corrected chi connectivity index (χ3v) is 12.1. The Bertz CT molecular complexity index is 2330. The van der Waals surface area contributed by atoms with Gasteiger partial charge in [-0.25, -0.2) is 17.9 Å². The smallest absolute Gasteiger partial charge is 0.407 e. The van der Waals surface area contributed by atoms with E-state index in [-0.39, 0.29) is 54.4 Å². The number of ether oxygens (including phenoxy) is 2. The molecule has 0 aromatic heterocycles. The van der Waals surface area contributed by atoms with Gasteiger partial charge in [0.15, 0.2) is 0 Å². The number of guanidine groups is 1. The second-order valence-corrected chi connectivity index (χ2v) is 20.2. The third-order valence-electron chi connectivity index (χ3n) is 10.8. The first-order chi connectivity index (χ1) is 33.4. The average Bonchev–Trinajstić information content (AvgIpc) is 3.28. The number of esters is 1. The number of sulfonamides is 1. The molecule has 1 aliphatic rings. The monoisotopic (exact) mass is 1010 g/mol. The number of aliphatic imine (C=N–C) groups is 1. The summed E-state index contributed by atoms with van der Waals surface area (Å²) in [5.74, 6) is -5.94. The van der Waals surface area contributed by atoms with Gasteiger partial charge >= 0.3 is 12.1 Å². The number of hydrogen-bond acceptors (Lipinski definition) is 13. The summed E-state index contributed by atoms with van der Waals surface area (Å²) >= 11 is 0. The predicted octanol–water partition coefficient (Wildman–Crippen LogP) is 2.64. The Kier molecular flexibility index (Phi) is 23.2. The first-order valence-corrected chi connectivity index (χ1v) is 25.2. The Balaban J connectivity index is 1.91. The summed E-state index contributed by atoms with van der Waals surface area (Å²) in [6, 6.07) is 6.52. The quantitative estimate of drug-likeness (QED) is 0.0435. The van der Waals surface area contributed by atoms with Gasteiger partial charge in [-0.15, -0.1) is 0 Å². The molecule has 0 saturated carbocycles. The first-order valence-electron chi connectivity index (χ1n) is 23.8. The van der Waals surface area contributed by atoms with Gasteiger partial charge < -0.3 is 52.0 Å². The summed E-state index contributed by atoms with van der Waals surface area (Å²) in [6.45, 7) is 11.8. The lowest BCUT2D eigenvalue weighted by molar-refractivity contribution is -0.156. The Morgan fingerprint density at radius 2 is 1.61 bits per heavy atom. The van der Waals surface area contributed by atoms with Crippen LogP contribution in [0.25, 0.3) is 0 Å². The summed E-state index contributed by atoms with van der Waals surface area (Å²) in [7, 11) is -2.70. The number of rotatable bonds is 19. The summed E-state index contributed by atoms with van der Waals surface area (Å²) in [5.41, 5.74) is 6.39. The molecule has 1 aliphatic heterocycles. The number of unbranched alkanes of at least 4 members (excludes halogenated alkanes) is 3. The number of fused-ring (bicyclic) bond motifs is 2. The zero-order chi connectivity index (χ0) is 52.9. The maximum atomic E-state index is 14.3. The molecular formula is C48H72N10O12S. The molecule has 1 heterocycles. The maximum Gasteiger partial charge on any atom is 0.407 e. The molecule has 7 amide bonds. The molecule has 71 heavy (non-hydrogen) atoms. The van der Waals surface area contributed by atoms with Crippen molar-refractivity contribution in [3.8, 4) is 0 Å². The molecule has 2 aromatic rings. The van der Waals surface area contributed by atoms with Crippen LogP contribution in [0.1, 0.15) is 121 Å². The molecule has 0 fully saturated rings. The fraction of sp³-hybridized carbons (Fsp3) is 0.562. The van der Waals surface area contributed by atoms with E-state index in [1.54, 1.807) is 59.7 Å². The number of alkyl carbamates (subject to hydrolysis) is 1. The number of carbonyl (C=O) groups is 8. The molecular weight excluding hydrogens is 941 g/mol. The molecule has 392 valence electrons. The van der Waals surface area contributed by atoms with Crippen molar-refractivity contribution in [3.63, 3.8) is 0 Å². The number of likely N-dealkylation sites (N-methyl/N-ethyl adjacent to an activating group) is 1. The Morgan fingerprint density at radius 1 is 0.915 bits per heavy atom. The Labute approximate surface area is 416 Å². The van der Waals surface area contributed by atoms with Crippen LogP contribution in [-0.2, 0) is 54.8 Å². The van der Waals surface area contributed by atoms with E-state index in [0.717, 1.165) is 23.3 Å². The minimum atomic E-state index is -4.06. The second kappa shape index (κ2) is 28.2. The van der Waals surface area contributed by atoms with Crippen LogP contribution in [0.5, 0.6) is 0 Å². The number of carbonyl (C=O) groups excluding carboxylic acids is 8.